The fourth-order valence-corrected chi connectivity index (χ4v) is 2.42. The Morgan fingerprint density at radius 2 is 2.18 bits per heavy atom. The van der Waals surface area contributed by atoms with Crippen LogP contribution in [-0.2, 0) is 0 Å². The minimum absolute atomic E-state index is 0.226. The number of hydrogen-bond acceptors (Lipinski definition) is 4. The predicted molar refractivity (Wildman–Crippen MR) is 67.0 cm³/mol. The molecule has 1 atom stereocenters. The molecule has 0 unspecified atom stereocenters. The molecule has 0 radical (unpaired) electrons. The zero-order chi connectivity index (χ0) is 11.7. The van der Waals surface area contributed by atoms with Gasteiger partial charge < -0.3 is 10.0 Å². The molecule has 0 saturated carbocycles. The van der Waals surface area contributed by atoms with Crippen molar-refractivity contribution in [1.82, 2.24) is 10.2 Å². The van der Waals surface area contributed by atoms with Crippen molar-refractivity contribution in [3.8, 4) is 0 Å². The number of anilines is 1. The molecule has 4 nitrogen and oxygen atoms in total. The minimum atomic E-state index is -0.226. The van der Waals surface area contributed by atoms with E-state index >= 15 is 0 Å². The average molecular weight is 229 g/mol. The van der Waals surface area contributed by atoms with Crippen LogP contribution in [0.2, 0.25) is 0 Å². The van der Waals surface area contributed by atoms with Crippen molar-refractivity contribution in [2.24, 2.45) is 0 Å². The zero-order valence-electron chi connectivity index (χ0n) is 9.58. The molecule has 1 aliphatic rings. The van der Waals surface area contributed by atoms with Crippen molar-refractivity contribution in [3.63, 3.8) is 0 Å². The van der Waals surface area contributed by atoms with Crippen molar-refractivity contribution >= 4 is 16.6 Å². The number of aliphatic hydroxyl groups is 1. The Balaban J connectivity index is 2.04. The third kappa shape index (κ3) is 1.96. The maximum Gasteiger partial charge on any atom is 0.0950 e. The summed E-state index contributed by atoms with van der Waals surface area (Å²) in [6, 6.07) is 7.99. The highest BCUT2D eigenvalue weighted by Gasteiger charge is 2.19. The number of nitrogens with zero attached hydrogens (tertiary/aromatic N) is 3. The Kier molecular flexibility index (Phi) is 2.65. The topological polar surface area (TPSA) is 49.2 Å². The van der Waals surface area contributed by atoms with Gasteiger partial charge in [-0.3, -0.25) is 0 Å². The number of piperidine rings is 1. The lowest BCUT2D eigenvalue weighted by atomic mass is 10.1. The molecular formula is C13H15N3O. The van der Waals surface area contributed by atoms with Gasteiger partial charge in [0.15, 0.2) is 0 Å². The van der Waals surface area contributed by atoms with Crippen LogP contribution in [0.1, 0.15) is 12.8 Å². The molecular weight excluding hydrogens is 214 g/mol. The molecule has 4 heteroatoms. The molecule has 1 aromatic carbocycles. The molecule has 0 bridgehead atoms. The number of β-amino-alcohol motifs (C(OH)–C–C–N with tert-alkyl or cyclic N) is 1. The minimum Gasteiger partial charge on any atom is -0.391 e. The lowest BCUT2D eigenvalue weighted by molar-refractivity contribution is 0.154. The maximum atomic E-state index is 9.74. The monoisotopic (exact) mass is 229 g/mol. The van der Waals surface area contributed by atoms with E-state index in [0.29, 0.717) is 6.54 Å². The van der Waals surface area contributed by atoms with Gasteiger partial charge in [-0.2, -0.15) is 10.2 Å². The van der Waals surface area contributed by atoms with Crippen LogP contribution < -0.4 is 4.90 Å². The van der Waals surface area contributed by atoms with Crippen molar-refractivity contribution < 1.29 is 5.11 Å². The molecule has 17 heavy (non-hydrogen) atoms. The highest BCUT2D eigenvalue weighted by molar-refractivity contribution is 5.90. The molecule has 1 aliphatic heterocycles. The van der Waals surface area contributed by atoms with Crippen LogP contribution in [-0.4, -0.2) is 34.5 Å². The summed E-state index contributed by atoms with van der Waals surface area (Å²) in [5, 5.41) is 19.0. The van der Waals surface area contributed by atoms with Crippen LogP contribution in [0.15, 0.2) is 30.5 Å². The van der Waals surface area contributed by atoms with Gasteiger partial charge in [-0.15, -0.1) is 0 Å². The third-order valence-corrected chi connectivity index (χ3v) is 3.26. The van der Waals surface area contributed by atoms with Crippen molar-refractivity contribution in [2.45, 2.75) is 18.9 Å². The molecule has 1 aromatic heterocycles. The van der Waals surface area contributed by atoms with Crippen LogP contribution in [0.5, 0.6) is 0 Å². The van der Waals surface area contributed by atoms with E-state index in [1.54, 1.807) is 6.20 Å². The summed E-state index contributed by atoms with van der Waals surface area (Å²) in [5.74, 6) is 0. The molecule has 1 fully saturated rings. The van der Waals surface area contributed by atoms with Crippen LogP contribution in [0.25, 0.3) is 10.9 Å². The van der Waals surface area contributed by atoms with E-state index in [9.17, 15) is 5.11 Å². The van der Waals surface area contributed by atoms with E-state index in [1.165, 1.54) is 0 Å². The highest BCUT2D eigenvalue weighted by atomic mass is 16.3. The maximum absolute atomic E-state index is 9.74. The lowest BCUT2D eigenvalue weighted by Gasteiger charge is -2.32. The summed E-state index contributed by atoms with van der Waals surface area (Å²) in [7, 11) is 0. The summed E-state index contributed by atoms with van der Waals surface area (Å²) in [6.07, 6.45) is 3.49. The van der Waals surface area contributed by atoms with Gasteiger partial charge in [0.05, 0.1) is 23.5 Å². The average Bonchev–Trinajstić information content (AvgIpc) is 2.38. The number of rotatable bonds is 1. The zero-order valence-corrected chi connectivity index (χ0v) is 9.58. The predicted octanol–water partition coefficient (Wildman–Crippen LogP) is 1.59. The Bertz CT molecular complexity index is 524. The van der Waals surface area contributed by atoms with Gasteiger partial charge in [0.25, 0.3) is 0 Å². The van der Waals surface area contributed by atoms with Gasteiger partial charge in [-0.1, -0.05) is 18.2 Å². The Morgan fingerprint density at radius 1 is 1.29 bits per heavy atom. The molecule has 0 aliphatic carbocycles. The second-order valence-corrected chi connectivity index (χ2v) is 4.49. The van der Waals surface area contributed by atoms with Crippen LogP contribution in [0.3, 0.4) is 0 Å². The van der Waals surface area contributed by atoms with Crippen LogP contribution in [0.4, 0.5) is 5.69 Å². The molecule has 3 rings (SSSR count). The number of fused-ring (bicyclic) bond motifs is 1. The highest BCUT2D eigenvalue weighted by Crippen LogP contribution is 2.26. The SMILES string of the molecule is O[C@H]1CCCN(c2cnnc3ccccc23)C1. The number of hydrogen-bond donors (Lipinski definition) is 1. The van der Waals surface area contributed by atoms with Gasteiger partial charge in [-0.25, -0.2) is 0 Å². The van der Waals surface area contributed by atoms with E-state index in [-0.39, 0.29) is 6.10 Å². The Morgan fingerprint density at radius 3 is 3.06 bits per heavy atom. The van der Waals surface area contributed by atoms with Gasteiger partial charge in [0.1, 0.15) is 0 Å². The molecule has 2 heterocycles. The third-order valence-electron chi connectivity index (χ3n) is 3.26. The molecule has 88 valence electrons. The summed E-state index contributed by atoms with van der Waals surface area (Å²) in [6.45, 7) is 1.67. The van der Waals surface area contributed by atoms with E-state index in [0.717, 1.165) is 36.0 Å². The van der Waals surface area contributed by atoms with E-state index in [4.69, 9.17) is 0 Å². The second-order valence-electron chi connectivity index (χ2n) is 4.49. The molecule has 2 aromatic rings. The Labute approximate surface area is 99.9 Å². The fourth-order valence-electron chi connectivity index (χ4n) is 2.42. The summed E-state index contributed by atoms with van der Waals surface area (Å²) in [4.78, 5) is 2.20. The molecule has 0 amide bonds. The van der Waals surface area contributed by atoms with Crippen molar-refractivity contribution in [1.29, 1.82) is 0 Å². The summed E-state index contributed by atoms with van der Waals surface area (Å²) >= 11 is 0. The van der Waals surface area contributed by atoms with E-state index in [1.807, 2.05) is 18.2 Å². The molecule has 1 N–H and O–H groups in total. The number of aromatic nitrogens is 2. The smallest absolute Gasteiger partial charge is 0.0950 e. The number of aliphatic hydroxyl groups excluding tert-OH is 1. The lowest BCUT2D eigenvalue weighted by Crippen LogP contribution is -2.38. The summed E-state index contributed by atoms with van der Waals surface area (Å²) in [5.41, 5.74) is 1.99. The summed E-state index contributed by atoms with van der Waals surface area (Å²) < 4.78 is 0. The first-order chi connectivity index (χ1) is 8.34. The largest absolute Gasteiger partial charge is 0.391 e. The number of benzene rings is 1. The van der Waals surface area contributed by atoms with Gasteiger partial charge in [-0.05, 0) is 18.9 Å². The van der Waals surface area contributed by atoms with Gasteiger partial charge in [0.2, 0.25) is 0 Å². The molecule has 0 spiro atoms. The van der Waals surface area contributed by atoms with Crippen LogP contribution >= 0.6 is 0 Å². The Hall–Kier alpha value is -1.68. The second kappa shape index (κ2) is 4.30. The quantitative estimate of drug-likeness (QED) is 0.806. The van der Waals surface area contributed by atoms with E-state index < -0.39 is 0 Å². The van der Waals surface area contributed by atoms with Crippen molar-refractivity contribution in [3.05, 3.63) is 30.5 Å². The van der Waals surface area contributed by atoms with E-state index in [2.05, 4.69) is 21.2 Å². The van der Waals surface area contributed by atoms with Gasteiger partial charge >= 0.3 is 0 Å². The first-order valence-corrected chi connectivity index (χ1v) is 5.98. The molecule has 1 saturated heterocycles. The van der Waals surface area contributed by atoms with Crippen molar-refractivity contribution in [2.75, 3.05) is 18.0 Å². The van der Waals surface area contributed by atoms with Gasteiger partial charge in [0, 0.05) is 18.5 Å². The van der Waals surface area contributed by atoms with Crippen LogP contribution in [0, 0.1) is 0 Å². The first-order valence-electron chi connectivity index (χ1n) is 5.98. The normalized spacial score (nSPS) is 20.8. The standard InChI is InChI=1S/C13H15N3O/c17-10-4-3-7-16(9-10)13-8-14-15-12-6-2-1-5-11(12)13/h1-2,5-6,8,10,17H,3-4,7,9H2/t10-/m0/s1. The fraction of sp³-hybridized carbons (Fsp3) is 0.385. The first kappa shape index (κ1) is 10.5.